The maximum absolute atomic E-state index is 11.8. The Hall–Kier alpha value is -0.820. The number of rotatable bonds is 8. The minimum absolute atomic E-state index is 0.555. The smallest absolute Gasteiger partial charge is 0.265 e. The molecule has 0 heterocycles. The maximum Gasteiger partial charge on any atom is 0.265 e. The Morgan fingerprint density at radius 2 is 1.62 bits per heavy atom. The van der Waals surface area contributed by atoms with Crippen LogP contribution in [0.2, 0.25) is 5.02 Å². The second-order valence-corrected chi connectivity index (χ2v) is 9.29. The van der Waals surface area contributed by atoms with E-state index < -0.39 is 26.6 Å². The van der Waals surface area contributed by atoms with Crippen molar-refractivity contribution < 1.29 is 12.6 Å². The van der Waals surface area contributed by atoms with Gasteiger partial charge in [0.25, 0.3) is 10.1 Å². The van der Waals surface area contributed by atoms with Gasteiger partial charge >= 0.3 is 0 Å². The highest BCUT2D eigenvalue weighted by Crippen LogP contribution is 2.48. The van der Waals surface area contributed by atoms with E-state index in [0.717, 1.165) is 11.8 Å². The number of nitrogens with one attached hydrogen (secondary N) is 1. The van der Waals surface area contributed by atoms with Crippen LogP contribution in [0.4, 0.5) is 0 Å². The minimum Gasteiger partial charge on any atom is -0.308 e. The molecule has 0 saturated carbocycles. The van der Waals surface area contributed by atoms with Crippen LogP contribution in [0.3, 0.4) is 0 Å². The molecule has 0 unspecified atom stereocenters. The lowest BCUT2D eigenvalue weighted by Crippen LogP contribution is -2.41. The SMILES string of the molecule is CCN[C@H](c1ccc(Cl)cc1)C(Cl)(Cl)[C@H](OS(C)(=O)=O)c1ccccc1. The molecule has 2 rings (SSSR count). The van der Waals surface area contributed by atoms with E-state index in [-0.39, 0.29) is 0 Å². The summed E-state index contributed by atoms with van der Waals surface area (Å²) in [4.78, 5) is 0. The minimum atomic E-state index is -3.81. The summed E-state index contributed by atoms with van der Waals surface area (Å²) in [6, 6.07) is 15.2. The Labute approximate surface area is 169 Å². The van der Waals surface area contributed by atoms with Gasteiger partial charge in [-0.2, -0.15) is 8.42 Å². The first-order valence-electron chi connectivity index (χ1n) is 7.95. The van der Waals surface area contributed by atoms with Crippen molar-refractivity contribution in [1.29, 1.82) is 0 Å². The van der Waals surface area contributed by atoms with Gasteiger partial charge in [0, 0.05) is 5.02 Å². The fourth-order valence-electron chi connectivity index (χ4n) is 2.63. The third-order valence-corrected chi connectivity index (χ3v) is 5.35. The van der Waals surface area contributed by atoms with Gasteiger partial charge in [0.15, 0.2) is 4.33 Å². The van der Waals surface area contributed by atoms with E-state index in [2.05, 4.69) is 5.32 Å². The van der Waals surface area contributed by atoms with E-state index in [4.69, 9.17) is 39.0 Å². The van der Waals surface area contributed by atoms with Gasteiger partial charge in [0.05, 0.1) is 12.3 Å². The van der Waals surface area contributed by atoms with E-state index in [0.29, 0.717) is 17.1 Å². The van der Waals surface area contributed by atoms with Gasteiger partial charge in [-0.15, -0.1) is 0 Å². The third kappa shape index (κ3) is 5.59. The summed E-state index contributed by atoms with van der Waals surface area (Å²) in [5.41, 5.74) is 1.32. The van der Waals surface area contributed by atoms with Gasteiger partial charge in [-0.3, -0.25) is 4.18 Å². The molecule has 0 amide bonds. The lowest BCUT2D eigenvalue weighted by atomic mass is 9.95. The number of hydrogen-bond donors (Lipinski definition) is 1. The standard InChI is InChI=1S/C18H20Cl3NO3S/c1-3-22-16(13-9-11-15(19)12-10-13)18(20,21)17(25-26(2,23)24)14-7-5-4-6-8-14/h4-12,16-17,22H,3H2,1-2H3/t16-,17-/m1/s1. The molecule has 2 aromatic carbocycles. The molecule has 0 radical (unpaired) electrons. The van der Waals surface area contributed by atoms with Gasteiger partial charge in [0.1, 0.15) is 6.10 Å². The molecule has 142 valence electrons. The quantitative estimate of drug-likeness (QED) is 0.473. The zero-order chi connectivity index (χ0) is 19.4. The molecule has 8 heteroatoms. The summed E-state index contributed by atoms with van der Waals surface area (Å²) in [5, 5.41) is 3.79. The molecular weight excluding hydrogens is 417 g/mol. The summed E-state index contributed by atoms with van der Waals surface area (Å²) < 4.78 is 27.4. The van der Waals surface area contributed by atoms with Crippen LogP contribution in [0.5, 0.6) is 0 Å². The number of halogens is 3. The van der Waals surface area contributed by atoms with Crippen molar-refractivity contribution in [2.24, 2.45) is 0 Å². The van der Waals surface area contributed by atoms with E-state index in [1.807, 2.05) is 13.0 Å². The highest BCUT2D eigenvalue weighted by Gasteiger charge is 2.46. The molecule has 0 aliphatic heterocycles. The van der Waals surface area contributed by atoms with Crippen LogP contribution < -0.4 is 5.32 Å². The lowest BCUT2D eigenvalue weighted by Gasteiger charge is -2.36. The van der Waals surface area contributed by atoms with Crippen LogP contribution in [0, 0.1) is 0 Å². The largest absolute Gasteiger partial charge is 0.308 e. The third-order valence-electron chi connectivity index (χ3n) is 3.72. The Bertz CT molecular complexity index is 811. The first-order chi connectivity index (χ1) is 12.1. The molecular formula is C18H20Cl3NO3S. The summed E-state index contributed by atoms with van der Waals surface area (Å²) >= 11 is 19.4. The second kappa shape index (κ2) is 8.91. The van der Waals surface area contributed by atoms with Crippen molar-refractivity contribution in [3.63, 3.8) is 0 Å². The predicted octanol–water partition coefficient (Wildman–Crippen LogP) is 4.88. The van der Waals surface area contributed by atoms with Gasteiger partial charge in [-0.1, -0.05) is 84.2 Å². The van der Waals surface area contributed by atoms with Gasteiger partial charge in [0.2, 0.25) is 0 Å². The highest BCUT2D eigenvalue weighted by atomic mass is 35.5. The Morgan fingerprint density at radius 1 is 1.04 bits per heavy atom. The monoisotopic (exact) mass is 435 g/mol. The number of benzene rings is 2. The molecule has 4 nitrogen and oxygen atoms in total. The van der Waals surface area contributed by atoms with Crippen molar-refractivity contribution in [2.45, 2.75) is 23.4 Å². The van der Waals surface area contributed by atoms with Crippen molar-refractivity contribution in [2.75, 3.05) is 12.8 Å². The van der Waals surface area contributed by atoms with Crippen molar-refractivity contribution in [1.82, 2.24) is 5.32 Å². The van der Waals surface area contributed by atoms with Gasteiger partial charge in [-0.05, 0) is 29.8 Å². The Balaban J connectivity index is 2.52. The molecule has 0 aliphatic carbocycles. The van der Waals surface area contributed by atoms with Crippen LogP contribution in [0.25, 0.3) is 0 Å². The fourth-order valence-corrected chi connectivity index (χ4v) is 4.22. The van der Waals surface area contributed by atoms with Crippen LogP contribution >= 0.6 is 34.8 Å². The fraction of sp³-hybridized carbons (Fsp3) is 0.333. The Kier molecular flexibility index (Phi) is 7.36. The van der Waals surface area contributed by atoms with E-state index in [1.54, 1.807) is 48.5 Å². The molecule has 0 spiro atoms. The van der Waals surface area contributed by atoms with Crippen LogP contribution in [-0.4, -0.2) is 25.6 Å². The molecule has 0 bridgehead atoms. The molecule has 0 fully saturated rings. The maximum atomic E-state index is 11.8. The molecule has 2 atom stereocenters. The van der Waals surface area contributed by atoms with Crippen molar-refractivity contribution >= 4 is 44.9 Å². The normalized spacial score (nSPS) is 14.8. The van der Waals surface area contributed by atoms with Crippen LogP contribution in [0.15, 0.2) is 54.6 Å². The topological polar surface area (TPSA) is 55.4 Å². The molecule has 0 aliphatic rings. The van der Waals surface area contributed by atoms with Crippen molar-refractivity contribution in [3.8, 4) is 0 Å². The zero-order valence-electron chi connectivity index (χ0n) is 14.3. The van der Waals surface area contributed by atoms with E-state index in [1.165, 1.54) is 0 Å². The Morgan fingerprint density at radius 3 is 2.12 bits per heavy atom. The first kappa shape index (κ1) is 21.5. The number of alkyl halides is 2. The summed E-state index contributed by atoms with van der Waals surface area (Å²) in [7, 11) is -3.81. The van der Waals surface area contributed by atoms with Crippen molar-refractivity contribution in [3.05, 3.63) is 70.7 Å². The van der Waals surface area contributed by atoms with E-state index >= 15 is 0 Å². The van der Waals surface area contributed by atoms with Gasteiger partial charge in [-0.25, -0.2) is 0 Å². The van der Waals surface area contributed by atoms with Crippen LogP contribution in [0.1, 0.15) is 30.2 Å². The number of hydrogen-bond acceptors (Lipinski definition) is 4. The average Bonchev–Trinajstić information content (AvgIpc) is 2.58. The highest BCUT2D eigenvalue weighted by molar-refractivity contribution is 7.86. The van der Waals surface area contributed by atoms with E-state index in [9.17, 15) is 8.42 Å². The molecule has 2 aromatic rings. The predicted molar refractivity (Wildman–Crippen MR) is 107 cm³/mol. The molecule has 0 saturated heterocycles. The first-order valence-corrected chi connectivity index (χ1v) is 10.9. The van der Waals surface area contributed by atoms with Gasteiger partial charge < -0.3 is 5.32 Å². The molecule has 26 heavy (non-hydrogen) atoms. The second-order valence-electron chi connectivity index (χ2n) is 5.81. The zero-order valence-corrected chi connectivity index (χ0v) is 17.4. The summed E-state index contributed by atoms with van der Waals surface area (Å²) in [6.07, 6.45) is -0.140. The van der Waals surface area contributed by atoms with Crippen LogP contribution in [-0.2, 0) is 14.3 Å². The molecule has 1 N–H and O–H groups in total. The lowest BCUT2D eigenvalue weighted by molar-refractivity contribution is 0.174. The summed E-state index contributed by atoms with van der Waals surface area (Å²) in [6.45, 7) is 2.47. The molecule has 0 aromatic heterocycles. The summed E-state index contributed by atoms with van der Waals surface area (Å²) in [5.74, 6) is 0. The average molecular weight is 437 g/mol.